The summed E-state index contributed by atoms with van der Waals surface area (Å²) in [5.74, 6) is -0.00581. The molecule has 2 aliphatic rings. The van der Waals surface area contributed by atoms with Crippen LogP contribution >= 0.6 is 0 Å². The summed E-state index contributed by atoms with van der Waals surface area (Å²) in [5, 5.41) is 2.85. The van der Waals surface area contributed by atoms with Gasteiger partial charge in [-0.15, -0.1) is 0 Å². The second kappa shape index (κ2) is 8.92. The lowest BCUT2D eigenvalue weighted by Crippen LogP contribution is -2.43. The van der Waals surface area contributed by atoms with Crippen LogP contribution in [-0.2, 0) is 4.79 Å². The van der Waals surface area contributed by atoms with Crippen LogP contribution in [0.3, 0.4) is 0 Å². The van der Waals surface area contributed by atoms with E-state index in [2.05, 4.69) is 22.2 Å². The molecule has 4 rings (SSSR count). The summed E-state index contributed by atoms with van der Waals surface area (Å²) in [5.41, 5.74) is 1.17. The molecule has 0 bridgehead atoms. The third-order valence-corrected chi connectivity index (χ3v) is 6.36. The summed E-state index contributed by atoms with van der Waals surface area (Å²) < 4.78 is 13.4. The molecule has 1 aromatic carbocycles. The molecule has 1 N–H and O–H groups in total. The first-order valence-electron chi connectivity index (χ1n) is 10.5. The smallest absolute Gasteiger partial charge is 0.253 e. The maximum Gasteiger partial charge on any atom is 0.253 e. The van der Waals surface area contributed by atoms with Crippen LogP contribution in [0.1, 0.15) is 29.6 Å². The first-order valence-corrected chi connectivity index (χ1v) is 10.5. The molecule has 0 spiro atoms. The number of carbonyl (C=O) groups is 2. The van der Waals surface area contributed by atoms with Crippen molar-refractivity contribution < 1.29 is 14.0 Å². The molecule has 7 heteroatoms. The molecule has 2 amide bonds. The number of pyridine rings is 1. The summed E-state index contributed by atoms with van der Waals surface area (Å²) >= 11 is 0. The summed E-state index contributed by atoms with van der Waals surface area (Å²) in [6, 6.07) is 9.82. The molecule has 0 radical (unpaired) electrons. The van der Waals surface area contributed by atoms with Gasteiger partial charge in [-0.1, -0.05) is 6.07 Å². The number of hydrogen-bond donors (Lipinski definition) is 1. The highest BCUT2D eigenvalue weighted by atomic mass is 19.1. The number of rotatable bonds is 4. The number of likely N-dealkylation sites (tertiary alicyclic amines) is 2. The van der Waals surface area contributed by atoms with E-state index in [9.17, 15) is 14.0 Å². The van der Waals surface area contributed by atoms with Crippen LogP contribution in [0.2, 0.25) is 0 Å². The van der Waals surface area contributed by atoms with Crippen molar-refractivity contribution >= 4 is 17.5 Å². The largest absolute Gasteiger partial charge is 0.339 e. The highest BCUT2D eigenvalue weighted by Crippen LogP contribution is 2.33. The van der Waals surface area contributed by atoms with Crippen LogP contribution in [0, 0.1) is 17.7 Å². The van der Waals surface area contributed by atoms with Crippen LogP contribution < -0.4 is 5.32 Å². The fourth-order valence-electron chi connectivity index (χ4n) is 4.75. The van der Waals surface area contributed by atoms with Crippen LogP contribution in [0.4, 0.5) is 10.1 Å². The normalized spacial score (nSPS) is 22.8. The first-order chi connectivity index (χ1) is 14.5. The molecule has 6 nitrogen and oxygen atoms in total. The molecule has 158 valence electrons. The lowest BCUT2D eigenvalue weighted by atomic mass is 9.86. The summed E-state index contributed by atoms with van der Waals surface area (Å²) in [6.45, 7) is 2.16. The van der Waals surface area contributed by atoms with E-state index in [0.29, 0.717) is 29.8 Å². The summed E-state index contributed by atoms with van der Waals surface area (Å²) in [6.07, 6.45) is 5.94. The molecule has 2 atom stereocenters. The number of nitrogens with one attached hydrogen (secondary N) is 1. The van der Waals surface area contributed by atoms with Crippen LogP contribution in [0.15, 0.2) is 48.8 Å². The van der Waals surface area contributed by atoms with E-state index in [1.807, 2.05) is 4.90 Å². The van der Waals surface area contributed by atoms with Crippen LogP contribution in [0.5, 0.6) is 0 Å². The summed E-state index contributed by atoms with van der Waals surface area (Å²) in [7, 11) is 2.06. The highest BCUT2D eigenvalue weighted by Gasteiger charge is 2.39. The lowest BCUT2D eigenvalue weighted by Gasteiger charge is -2.37. The van der Waals surface area contributed by atoms with Gasteiger partial charge in [0.15, 0.2) is 0 Å². The fraction of sp³-hybridized carbons (Fsp3) is 0.435. The molecular formula is C23H27FN4O2. The molecule has 2 aromatic rings. The van der Waals surface area contributed by atoms with Crippen LogP contribution in [-0.4, -0.2) is 59.3 Å². The Balaban J connectivity index is 1.31. The molecular weight excluding hydrogens is 383 g/mol. The second-order valence-electron chi connectivity index (χ2n) is 8.30. The Labute approximate surface area is 176 Å². The Morgan fingerprint density at radius 1 is 1.13 bits per heavy atom. The van der Waals surface area contributed by atoms with Crippen molar-refractivity contribution in [2.45, 2.75) is 25.3 Å². The number of hydrogen-bond acceptors (Lipinski definition) is 4. The topological polar surface area (TPSA) is 65.5 Å². The summed E-state index contributed by atoms with van der Waals surface area (Å²) in [4.78, 5) is 33.5. The maximum atomic E-state index is 13.4. The zero-order chi connectivity index (χ0) is 21.1. The fourth-order valence-corrected chi connectivity index (χ4v) is 4.75. The van der Waals surface area contributed by atoms with Crippen molar-refractivity contribution in [1.29, 1.82) is 0 Å². The zero-order valence-corrected chi connectivity index (χ0v) is 17.1. The molecule has 2 fully saturated rings. The van der Waals surface area contributed by atoms with Gasteiger partial charge in [-0.3, -0.25) is 14.6 Å². The van der Waals surface area contributed by atoms with Gasteiger partial charge in [-0.2, -0.15) is 0 Å². The Hall–Kier alpha value is -2.80. The number of nitrogens with zero attached hydrogens (tertiary/aromatic N) is 3. The van der Waals surface area contributed by atoms with Crippen molar-refractivity contribution in [3.8, 4) is 0 Å². The van der Waals surface area contributed by atoms with Crippen molar-refractivity contribution in [1.82, 2.24) is 14.8 Å². The third-order valence-electron chi connectivity index (χ3n) is 6.36. The van der Waals surface area contributed by atoms with Gasteiger partial charge >= 0.3 is 0 Å². The van der Waals surface area contributed by atoms with E-state index in [1.165, 1.54) is 12.1 Å². The van der Waals surface area contributed by atoms with Crippen molar-refractivity contribution in [3.05, 3.63) is 60.2 Å². The molecule has 3 heterocycles. The van der Waals surface area contributed by atoms with Gasteiger partial charge in [-0.25, -0.2) is 4.39 Å². The minimum atomic E-state index is -0.359. The van der Waals surface area contributed by atoms with Crippen molar-refractivity contribution in [2.75, 3.05) is 32.0 Å². The predicted molar refractivity (Wildman–Crippen MR) is 112 cm³/mol. The quantitative estimate of drug-likeness (QED) is 0.842. The molecule has 0 unspecified atom stereocenters. The van der Waals surface area contributed by atoms with Gasteiger partial charge in [0.2, 0.25) is 5.91 Å². The molecule has 1 aromatic heterocycles. The van der Waals surface area contributed by atoms with Gasteiger partial charge in [0.05, 0.1) is 5.92 Å². The first kappa shape index (κ1) is 20.5. The van der Waals surface area contributed by atoms with Crippen molar-refractivity contribution in [3.63, 3.8) is 0 Å². The number of piperidine rings is 1. The van der Waals surface area contributed by atoms with Gasteiger partial charge in [0.25, 0.3) is 5.91 Å². The molecule has 2 aliphatic heterocycles. The van der Waals surface area contributed by atoms with Gasteiger partial charge in [0.1, 0.15) is 5.82 Å². The van der Waals surface area contributed by atoms with Gasteiger partial charge < -0.3 is 15.1 Å². The minimum Gasteiger partial charge on any atom is -0.339 e. The number of anilines is 1. The average molecular weight is 410 g/mol. The zero-order valence-electron chi connectivity index (χ0n) is 17.1. The average Bonchev–Trinajstić information content (AvgIpc) is 3.16. The third kappa shape index (κ3) is 4.51. The number of aromatic nitrogens is 1. The van der Waals surface area contributed by atoms with E-state index in [1.54, 1.807) is 36.7 Å². The Kier molecular flexibility index (Phi) is 6.08. The second-order valence-corrected chi connectivity index (χ2v) is 8.30. The monoisotopic (exact) mass is 410 g/mol. The molecule has 0 aliphatic carbocycles. The lowest BCUT2D eigenvalue weighted by molar-refractivity contribution is -0.119. The standard InChI is InChI=1S/C23H27FN4O2/c1-27-15-18(22(29)26-20-4-2-3-19(24)14-20)13-21(27)16-7-11-28(12-8-16)23(30)17-5-9-25-10-6-17/h2-6,9-10,14,16,18,21H,7-8,11-13,15H2,1H3,(H,26,29)/t18-,21+/m1/s1. The Bertz CT molecular complexity index is 899. The van der Waals surface area contributed by atoms with E-state index in [-0.39, 0.29) is 23.5 Å². The van der Waals surface area contributed by atoms with E-state index >= 15 is 0 Å². The van der Waals surface area contributed by atoms with E-state index in [0.717, 1.165) is 32.4 Å². The van der Waals surface area contributed by atoms with Gasteiger partial charge in [0, 0.05) is 49.3 Å². The number of halogens is 1. The van der Waals surface area contributed by atoms with Gasteiger partial charge in [-0.05, 0) is 62.6 Å². The SMILES string of the molecule is CN1C[C@H](C(=O)Nc2cccc(F)c2)C[C@H]1C1CCN(C(=O)c2ccncc2)CC1. The number of benzene rings is 1. The number of amides is 2. The van der Waals surface area contributed by atoms with Crippen LogP contribution in [0.25, 0.3) is 0 Å². The van der Waals surface area contributed by atoms with E-state index in [4.69, 9.17) is 0 Å². The molecule has 0 saturated carbocycles. The highest BCUT2D eigenvalue weighted by molar-refractivity contribution is 5.94. The van der Waals surface area contributed by atoms with E-state index < -0.39 is 0 Å². The number of carbonyl (C=O) groups excluding carboxylic acids is 2. The minimum absolute atomic E-state index is 0.0553. The van der Waals surface area contributed by atoms with Crippen molar-refractivity contribution in [2.24, 2.45) is 11.8 Å². The maximum absolute atomic E-state index is 13.4. The molecule has 30 heavy (non-hydrogen) atoms. The molecule has 2 saturated heterocycles. The predicted octanol–water partition coefficient (Wildman–Crippen LogP) is 3.03. The Morgan fingerprint density at radius 3 is 2.57 bits per heavy atom. The Morgan fingerprint density at radius 2 is 1.87 bits per heavy atom.